The van der Waals surface area contributed by atoms with E-state index in [2.05, 4.69) is 22.5 Å². The van der Waals surface area contributed by atoms with Crippen molar-refractivity contribution in [1.29, 1.82) is 0 Å². The van der Waals surface area contributed by atoms with E-state index >= 15 is 0 Å². The Labute approximate surface area is 134 Å². The summed E-state index contributed by atoms with van der Waals surface area (Å²) in [5.41, 5.74) is 2.67. The van der Waals surface area contributed by atoms with Crippen molar-refractivity contribution in [2.75, 3.05) is 6.54 Å². The molecule has 7 heteroatoms. The highest BCUT2D eigenvalue weighted by atomic mass is 35.5. The lowest BCUT2D eigenvalue weighted by Crippen LogP contribution is -2.26. The molecule has 2 rings (SSSR count). The molecule has 120 valence electrons. The van der Waals surface area contributed by atoms with Gasteiger partial charge in [0.1, 0.15) is 5.76 Å². The first kappa shape index (κ1) is 16.5. The highest BCUT2D eigenvalue weighted by Gasteiger charge is 2.21. The molecule has 2 heterocycles. The maximum Gasteiger partial charge on any atom is 0.273 e. The van der Waals surface area contributed by atoms with Crippen molar-refractivity contribution >= 4 is 17.5 Å². The average molecular weight is 325 g/mol. The Bertz CT molecular complexity index is 675. The average Bonchev–Trinajstić information content (AvgIpc) is 2.96. The molecule has 0 aliphatic heterocycles. The second kappa shape index (κ2) is 6.96. The summed E-state index contributed by atoms with van der Waals surface area (Å²) < 4.78 is 6.95. The number of carbonyl (C=O) groups excluding carboxylic acids is 1. The number of aryl methyl sites for hydroxylation is 2. The van der Waals surface area contributed by atoms with Crippen LogP contribution < -0.4 is 5.32 Å². The van der Waals surface area contributed by atoms with Gasteiger partial charge < -0.3 is 9.84 Å². The first-order chi connectivity index (χ1) is 10.5. The molecule has 2 aromatic rings. The fourth-order valence-electron chi connectivity index (χ4n) is 2.20. The van der Waals surface area contributed by atoms with Gasteiger partial charge in [0, 0.05) is 12.1 Å². The summed E-state index contributed by atoms with van der Waals surface area (Å²) in [6.45, 7) is 8.65. The van der Waals surface area contributed by atoms with Crippen molar-refractivity contribution in [2.45, 2.75) is 47.1 Å². The van der Waals surface area contributed by atoms with Gasteiger partial charge in [-0.3, -0.25) is 9.48 Å². The molecule has 1 N–H and O–H groups in total. The summed E-state index contributed by atoms with van der Waals surface area (Å²) in [5.74, 6) is 0.400. The van der Waals surface area contributed by atoms with Gasteiger partial charge in [-0.15, -0.1) is 0 Å². The molecule has 0 unspecified atom stereocenters. The number of rotatable bonds is 6. The monoisotopic (exact) mass is 324 g/mol. The Morgan fingerprint density at radius 3 is 2.68 bits per heavy atom. The van der Waals surface area contributed by atoms with Crippen LogP contribution in [0.15, 0.2) is 4.52 Å². The zero-order valence-electron chi connectivity index (χ0n) is 13.4. The lowest BCUT2D eigenvalue weighted by atomic mass is 10.2. The van der Waals surface area contributed by atoms with Crippen molar-refractivity contribution < 1.29 is 9.32 Å². The highest BCUT2D eigenvalue weighted by Crippen LogP contribution is 2.22. The predicted molar refractivity (Wildman–Crippen MR) is 84.3 cm³/mol. The number of aromatic nitrogens is 3. The van der Waals surface area contributed by atoms with Gasteiger partial charge in [-0.1, -0.05) is 30.1 Å². The third-order valence-corrected chi connectivity index (χ3v) is 4.16. The molecule has 0 fully saturated rings. The fraction of sp³-hybridized carbons (Fsp3) is 0.533. The smallest absolute Gasteiger partial charge is 0.273 e. The quantitative estimate of drug-likeness (QED) is 0.829. The van der Waals surface area contributed by atoms with E-state index in [1.807, 2.05) is 13.8 Å². The summed E-state index contributed by atoms with van der Waals surface area (Å²) in [4.78, 5) is 12.2. The van der Waals surface area contributed by atoms with Gasteiger partial charge in [0.05, 0.1) is 23.0 Å². The Morgan fingerprint density at radius 1 is 1.36 bits per heavy atom. The molecule has 0 saturated carbocycles. The van der Waals surface area contributed by atoms with E-state index in [9.17, 15) is 4.79 Å². The largest absolute Gasteiger partial charge is 0.361 e. The van der Waals surface area contributed by atoms with Crippen molar-refractivity contribution in [2.24, 2.45) is 0 Å². The minimum Gasteiger partial charge on any atom is -0.361 e. The standard InChI is InChI=1S/C15H21ClN4O2/c1-5-6-7-17-15(21)14-12(11(4)22-19-14)8-20-10(3)13(16)9(2)18-20/h5-8H2,1-4H3,(H,17,21). The summed E-state index contributed by atoms with van der Waals surface area (Å²) in [5, 5.41) is 11.8. The molecule has 22 heavy (non-hydrogen) atoms. The van der Waals surface area contributed by atoms with E-state index < -0.39 is 0 Å². The van der Waals surface area contributed by atoms with Gasteiger partial charge in [-0.05, 0) is 27.2 Å². The Kier molecular flexibility index (Phi) is 5.24. The van der Waals surface area contributed by atoms with Crippen molar-refractivity contribution in [1.82, 2.24) is 20.3 Å². The highest BCUT2D eigenvalue weighted by molar-refractivity contribution is 6.31. The zero-order valence-corrected chi connectivity index (χ0v) is 14.1. The van der Waals surface area contributed by atoms with Crippen LogP contribution >= 0.6 is 11.6 Å². The lowest BCUT2D eigenvalue weighted by molar-refractivity contribution is 0.0943. The van der Waals surface area contributed by atoms with Crippen LogP contribution in [0.5, 0.6) is 0 Å². The van der Waals surface area contributed by atoms with Crippen molar-refractivity contribution in [3.63, 3.8) is 0 Å². The number of hydrogen-bond donors (Lipinski definition) is 1. The number of carbonyl (C=O) groups is 1. The number of nitrogens with zero attached hydrogens (tertiary/aromatic N) is 3. The molecular formula is C15H21ClN4O2. The summed E-state index contributed by atoms with van der Waals surface area (Å²) in [6, 6.07) is 0. The molecule has 0 radical (unpaired) electrons. The minimum absolute atomic E-state index is 0.215. The normalized spacial score (nSPS) is 11.0. The van der Waals surface area contributed by atoms with E-state index in [0.717, 1.165) is 29.8 Å². The zero-order chi connectivity index (χ0) is 16.3. The summed E-state index contributed by atoms with van der Waals surface area (Å²) >= 11 is 6.16. The van der Waals surface area contributed by atoms with Gasteiger partial charge in [0.25, 0.3) is 5.91 Å². The van der Waals surface area contributed by atoms with Crippen LogP contribution in [-0.2, 0) is 6.54 Å². The van der Waals surface area contributed by atoms with Crippen LogP contribution in [0, 0.1) is 20.8 Å². The summed E-state index contributed by atoms with van der Waals surface area (Å²) in [7, 11) is 0. The molecule has 0 bridgehead atoms. The van der Waals surface area contributed by atoms with Crippen molar-refractivity contribution in [3.05, 3.63) is 33.4 Å². The molecule has 0 aliphatic carbocycles. The molecule has 1 amide bonds. The van der Waals surface area contributed by atoms with E-state index in [1.165, 1.54) is 0 Å². The van der Waals surface area contributed by atoms with E-state index in [-0.39, 0.29) is 5.91 Å². The molecular weight excluding hydrogens is 304 g/mol. The Balaban J connectivity index is 2.22. The summed E-state index contributed by atoms with van der Waals surface area (Å²) in [6.07, 6.45) is 1.96. The Hall–Kier alpha value is -1.82. The van der Waals surface area contributed by atoms with E-state index in [1.54, 1.807) is 11.6 Å². The number of amides is 1. The predicted octanol–water partition coefficient (Wildman–Crippen LogP) is 3.03. The van der Waals surface area contributed by atoms with Crippen LogP contribution in [0.25, 0.3) is 0 Å². The number of halogens is 1. The molecule has 0 aliphatic rings. The van der Waals surface area contributed by atoms with Crippen LogP contribution in [0.4, 0.5) is 0 Å². The number of hydrogen-bond acceptors (Lipinski definition) is 4. The first-order valence-electron chi connectivity index (χ1n) is 7.38. The maximum atomic E-state index is 12.2. The topological polar surface area (TPSA) is 73.0 Å². The first-order valence-corrected chi connectivity index (χ1v) is 7.76. The maximum absolute atomic E-state index is 12.2. The van der Waals surface area contributed by atoms with Crippen LogP contribution in [0.2, 0.25) is 5.02 Å². The SMILES string of the molecule is CCCCNC(=O)c1noc(C)c1Cn1nc(C)c(Cl)c1C. The molecule has 2 aromatic heterocycles. The third-order valence-electron chi connectivity index (χ3n) is 3.62. The van der Waals surface area contributed by atoms with Gasteiger partial charge >= 0.3 is 0 Å². The van der Waals surface area contributed by atoms with Crippen LogP contribution in [0.1, 0.15) is 53.0 Å². The number of nitrogens with one attached hydrogen (secondary N) is 1. The second-order valence-electron chi connectivity index (χ2n) is 5.32. The van der Waals surface area contributed by atoms with Gasteiger partial charge in [0.2, 0.25) is 0 Å². The molecule has 0 saturated heterocycles. The molecule has 0 atom stereocenters. The minimum atomic E-state index is -0.215. The fourth-order valence-corrected chi connectivity index (χ4v) is 2.33. The van der Waals surface area contributed by atoms with E-state index in [4.69, 9.17) is 16.1 Å². The van der Waals surface area contributed by atoms with Gasteiger partial charge in [-0.2, -0.15) is 5.10 Å². The van der Waals surface area contributed by atoms with Gasteiger partial charge in [-0.25, -0.2) is 0 Å². The molecule has 6 nitrogen and oxygen atoms in total. The number of unbranched alkanes of at least 4 members (excludes halogenated alkanes) is 1. The molecule has 0 aromatic carbocycles. The lowest BCUT2D eigenvalue weighted by Gasteiger charge is -2.06. The Morgan fingerprint density at radius 2 is 2.09 bits per heavy atom. The van der Waals surface area contributed by atoms with Crippen molar-refractivity contribution in [3.8, 4) is 0 Å². The van der Waals surface area contributed by atoms with E-state index in [0.29, 0.717) is 29.6 Å². The third kappa shape index (κ3) is 3.32. The second-order valence-corrected chi connectivity index (χ2v) is 5.70. The van der Waals surface area contributed by atoms with Crippen LogP contribution in [0.3, 0.4) is 0 Å². The van der Waals surface area contributed by atoms with Crippen LogP contribution in [-0.4, -0.2) is 27.4 Å². The molecule has 0 spiro atoms. The van der Waals surface area contributed by atoms with Gasteiger partial charge in [0.15, 0.2) is 5.69 Å².